The summed E-state index contributed by atoms with van der Waals surface area (Å²) < 4.78 is 0. The van der Waals surface area contributed by atoms with E-state index >= 15 is 0 Å². The van der Waals surface area contributed by atoms with Gasteiger partial charge in [0.15, 0.2) is 0 Å². The van der Waals surface area contributed by atoms with Gasteiger partial charge in [-0.1, -0.05) is 67.3 Å². The molecule has 23 heavy (non-hydrogen) atoms. The minimum Gasteiger partial charge on any atom is -0.508 e. The van der Waals surface area contributed by atoms with Gasteiger partial charge in [0.05, 0.1) is 0 Å². The average Bonchev–Trinajstić information content (AvgIpc) is 2.56. The molecule has 1 aliphatic rings. The fraction of sp³-hybridized carbons (Fsp3) is 0.0476. The Morgan fingerprint density at radius 2 is 1.70 bits per heavy atom. The Morgan fingerprint density at radius 1 is 0.870 bits per heavy atom. The number of rotatable bonds is 1. The van der Waals surface area contributed by atoms with Gasteiger partial charge in [-0.05, 0) is 34.9 Å². The van der Waals surface area contributed by atoms with Crippen molar-refractivity contribution in [2.45, 2.75) is 6.42 Å². The molecule has 0 radical (unpaired) electrons. The Morgan fingerprint density at radius 3 is 2.57 bits per heavy atom. The van der Waals surface area contributed by atoms with Gasteiger partial charge in [-0.25, -0.2) is 0 Å². The molecule has 0 aliphatic heterocycles. The van der Waals surface area contributed by atoms with Crippen molar-refractivity contribution >= 4 is 16.3 Å². The van der Waals surface area contributed by atoms with Gasteiger partial charge in [0, 0.05) is 11.1 Å². The normalized spacial score (nSPS) is 22.7. The molecule has 0 spiro atoms. The maximum absolute atomic E-state index is 10.5. The molecular formula is C21H18O2. The molecule has 0 saturated heterocycles. The first kappa shape index (κ1) is 14.9. The summed E-state index contributed by atoms with van der Waals surface area (Å²) in [5, 5.41) is 22.9. The zero-order valence-corrected chi connectivity index (χ0v) is 12.7. The van der Waals surface area contributed by atoms with Gasteiger partial charge < -0.3 is 10.2 Å². The van der Waals surface area contributed by atoms with Crippen LogP contribution in [0.2, 0.25) is 0 Å². The summed E-state index contributed by atoms with van der Waals surface area (Å²) in [7, 11) is 0. The van der Waals surface area contributed by atoms with Crippen molar-refractivity contribution in [3.05, 3.63) is 96.3 Å². The van der Waals surface area contributed by atoms with E-state index < -0.39 is 0 Å². The van der Waals surface area contributed by atoms with Crippen LogP contribution in [-0.4, -0.2) is 10.2 Å². The number of phenols is 1. The number of benzene rings is 2. The molecule has 0 aromatic heterocycles. The largest absolute Gasteiger partial charge is 0.508 e. The molecule has 2 nitrogen and oxygen atoms in total. The molecule has 0 amide bonds. The highest BCUT2D eigenvalue weighted by Crippen LogP contribution is 2.36. The van der Waals surface area contributed by atoms with Crippen molar-refractivity contribution in [1.82, 2.24) is 0 Å². The van der Waals surface area contributed by atoms with Crippen LogP contribution in [0.15, 0.2) is 90.8 Å². The highest BCUT2D eigenvalue weighted by atomic mass is 16.3. The van der Waals surface area contributed by atoms with Gasteiger partial charge in [-0.2, -0.15) is 0 Å². The number of fused-ring (bicyclic) bond motifs is 1. The van der Waals surface area contributed by atoms with Crippen molar-refractivity contribution in [1.29, 1.82) is 0 Å². The summed E-state index contributed by atoms with van der Waals surface area (Å²) in [5.41, 5.74) is 2.16. The molecule has 2 aromatic carbocycles. The number of hydrogen-bond donors (Lipinski definition) is 2. The number of phenolic OH excluding ortho intramolecular Hbond substituents is 1. The van der Waals surface area contributed by atoms with E-state index in [2.05, 4.69) is 6.58 Å². The maximum Gasteiger partial charge on any atom is 0.123 e. The summed E-state index contributed by atoms with van der Waals surface area (Å²) in [4.78, 5) is 0. The van der Waals surface area contributed by atoms with Crippen LogP contribution in [0.1, 0.15) is 12.0 Å². The second-order valence-corrected chi connectivity index (χ2v) is 5.44. The third-order valence-electron chi connectivity index (χ3n) is 3.85. The molecule has 1 aliphatic carbocycles. The quantitative estimate of drug-likeness (QED) is 0.736. The van der Waals surface area contributed by atoms with E-state index in [1.54, 1.807) is 18.2 Å². The van der Waals surface area contributed by atoms with Crippen LogP contribution in [0.5, 0.6) is 5.75 Å². The Hall–Kier alpha value is -3.00. The maximum atomic E-state index is 10.5. The molecule has 0 saturated carbocycles. The predicted molar refractivity (Wildman–Crippen MR) is 96.3 cm³/mol. The third-order valence-corrected chi connectivity index (χ3v) is 3.85. The van der Waals surface area contributed by atoms with E-state index in [4.69, 9.17) is 0 Å². The Labute approximate surface area is 135 Å². The van der Waals surface area contributed by atoms with Crippen LogP contribution in [0, 0.1) is 0 Å². The summed E-state index contributed by atoms with van der Waals surface area (Å²) in [6, 6.07) is 11.4. The first-order chi connectivity index (χ1) is 11.2. The van der Waals surface area contributed by atoms with Gasteiger partial charge in [0.1, 0.15) is 11.5 Å². The molecule has 2 heteroatoms. The van der Waals surface area contributed by atoms with E-state index in [0.717, 1.165) is 16.3 Å². The molecule has 0 fully saturated rings. The average molecular weight is 302 g/mol. The molecule has 114 valence electrons. The SMILES string of the molecule is C=C1/C=C\C=C/C/C(c2c(O)ccc3ccccc23)=C(O)\C=C/1. The fourth-order valence-corrected chi connectivity index (χ4v) is 2.70. The number of aliphatic hydroxyl groups excluding tert-OH is 1. The molecule has 0 unspecified atom stereocenters. The van der Waals surface area contributed by atoms with E-state index in [1.165, 1.54) is 0 Å². The number of aliphatic hydroxyl groups is 1. The molecular weight excluding hydrogens is 284 g/mol. The molecule has 0 bridgehead atoms. The van der Waals surface area contributed by atoms with E-state index in [-0.39, 0.29) is 11.5 Å². The fourth-order valence-electron chi connectivity index (χ4n) is 2.70. The van der Waals surface area contributed by atoms with Crippen LogP contribution in [-0.2, 0) is 0 Å². The van der Waals surface area contributed by atoms with Crippen LogP contribution >= 0.6 is 0 Å². The molecule has 0 atom stereocenters. The van der Waals surface area contributed by atoms with Gasteiger partial charge in [-0.15, -0.1) is 0 Å². The summed E-state index contributed by atoms with van der Waals surface area (Å²) in [5.74, 6) is 0.302. The minimum absolute atomic E-state index is 0.137. The van der Waals surface area contributed by atoms with E-state index in [9.17, 15) is 10.2 Å². The van der Waals surface area contributed by atoms with Gasteiger partial charge in [0.25, 0.3) is 0 Å². The Balaban J connectivity index is 2.24. The highest BCUT2D eigenvalue weighted by molar-refractivity contribution is 5.97. The lowest BCUT2D eigenvalue weighted by molar-refractivity contribution is 0.432. The zero-order valence-electron chi connectivity index (χ0n) is 12.7. The summed E-state index contributed by atoms with van der Waals surface area (Å²) in [6.07, 6.45) is 11.6. The lowest BCUT2D eigenvalue weighted by Gasteiger charge is -2.13. The van der Waals surface area contributed by atoms with Gasteiger partial charge in [-0.3, -0.25) is 0 Å². The summed E-state index contributed by atoms with van der Waals surface area (Å²) in [6.45, 7) is 3.90. The van der Waals surface area contributed by atoms with Crippen molar-refractivity contribution in [3.63, 3.8) is 0 Å². The second-order valence-electron chi connectivity index (χ2n) is 5.44. The molecule has 2 aromatic rings. The third kappa shape index (κ3) is 3.11. The zero-order chi connectivity index (χ0) is 16.2. The van der Waals surface area contributed by atoms with Crippen LogP contribution < -0.4 is 0 Å². The smallest absolute Gasteiger partial charge is 0.123 e. The van der Waals surface area contributed by atoms with Crippen LogP contribution in [0.25, 0.3) is 16.3 Å². The Kier molecular flexibility index (Phi) is 4.15. The monoisotopic (exact) mass is 302 g/mol. The molecule has 3 rings (SSSR count). The second kappa shape index (κ2) is 6.41. The van der Waals surface area contributed by atoms with Crippen LogP contribution in [0.3, 0.4) is 0 Å². The van der Waals surface area contributed by atoms with E-state index in [0.29, 0.717) is 17.6 Å². The van der Waals surface area contributed by atoms with Crippen molar-refractivity contribution < 1.29 is 10.2 Å². The van der Waals surface area contributed by atoms with Gasteiger partial charge >= 0.3 is 0 Å². The van der Waals surface area contributed by atoms with E-state index in [1.807, 2.05) is 54.6 Å². The lowest BCUT2D eigenvalue weighted by Crippen LogP contribution is -1.93. The predicted octanol–water partition coefficient (Wildman–Crippen LogP) is 5.44. The van der Waals surface area contributed by atoms with Crippen LogP contribution in [0.4, 0.5) is 0 Å². The topological polar surface area (TPSA) is 40.5 Å². The summed E-state index contributed by atoms with van der Waals surface area (Å²) >= 11 is 0. The first-order valence-corrected chi connectivity index (χ1v) is 7.50. The molecule has 2 N–H and O–H groups in total. The Bertz CT molecular complexity index is 880. The van der Waals surface area contributed by atoms with Gasteiger partial charge in [0.2, 0.25) is 0 Å². The van der Waals surface area contributed by atoms with Crippen molar-refractivity contribution in [3.8, 4) is 5.75 Å². The standard InChI is InChI=1S/C21H18O2/c1-15-7-3-2-4-10-18(19(22)13-11-15)21-17-9-6-5-8-16(17)12-14-20(21)23/h2-9,11-14,22-23H,1,10H2/b4-2-,7-3-,13-11-,19-18-. The van der Waals surface area contributed by atoms with Crippen molar-refractivity contribution in [2.24, 2.45) is 0 Å². The number of hydrogen-bond acceptors (Lipinski definition) is 2. The first-order valence-electron chi connectivity index (χ1n) is 7.50. The van der Waals surface area contributed by atoms with Crippen molar-refractivity contribution in [2.75, 3.05) is 0 Å². The molecule has 0 heterocycles. The lowest BCUT2D eigenvalue weighted by atomic mass is 9.93. The minimum atomic E-state index is 0.137. The highest BCUT2D eigenvalue weighted by Gasteiger charge is 2.14. The number of allylic oxidation sites excluding steroid dienone is 8. The number of aromatic hydroxyl groups is 1.